The van der Waals surface area contributed by atoms with Crippen LogP contribution in [-0.2, 0) is 5.33 Å². The summed E-state index contributed by atoms with van der Waals surface area (Å²) in [5.41, 5.74) is 1.29. The maximum atomic E-state index is 5.88. The van der Waals surface area contributed by atoms with Crippen LogP contribution in [0.15, 0.2) is 36.4 Å². The third kappa shape index (κ3) is 1.87. The van der Waals surface area contributed by atoms with Crippen LogP contribution in [0.2, 0.25) is 5.02 Å². The Morgan fingerprint density at radius 2 is 1.69 bits per heavy atom. The predicted octanol–water partition coefficient (Wildman–Crippen LogP) is 4.39. The predicted molar refractivity (Wildman–Crippen MR) is 61.6 cm³/mol. The molecule has 0 saturated carbocycles. The first kappa shape index (κ1) is 9.04. The lowest BCUT2D eigenvalue weighted by molar-refractivity contribution is 1.47. The highest BCUT2D eigenvalue weighted by atomic mass is 79.9. The highest BCUT2D eigenvalue weighted by Gasteiger charge is 1.95. The van der Waals surface area contributed by atoms with Gasteiger partial charge in [-0.2, -0.15) is 0 Å². The van der Waals surface area contributed by atoms with Crippen LogP contribution < -0.4 is 0 Å². The van der Waals surface area contributed by atoms with E-state index in [0.717, 1.165) is 10.4 Å². The van der Waals surface area contributed by atoms with E-state index in [2.05, 4.69) is 34.1 Å². The minimum Gasteiger partial charge on any atom is -0.0876 e. The summed E-state index contributed by atoms with van der Waals surface area (Å²) in [4.78, 5) is 0. The Balaban J connectivity index is 2.66. The largest absolute Gasteiger partial charge is 0.0876 e. The lowest BCUT2D eigenvalue weighted by Gasteiger charge is -2.00. The summed E-state index contributed by atoms with van der Waals surface area (Å²) in [6.07, 6.45) is 0. The summed E-state index contributed by atoms with van der Waals surface area (Å²) in [7, 11) is 0. The Morgan fingerprint density at radius 1 is 1.00 bits per heavy atom. The third-order valence-electron chi connectivity index (χ3n) is 2.02. The van der Waals surface area contributed by atoms with Crippen molar-refractivity contribution in [3.05, 3.63) is 47.0 Å². The van der Waals surface area contributed by atoms with E-state index < -0.39 is 0 Å². The second-order valence-electron chi connectivity index (χ2n) is 2.96. The first-order valence-electron chi connectivity index (χ1n) is 4.04. The molecular formula is C11H8BrCl. The topological polar surface area (TPSA) is 0 Å². The molecule has 0 fully saturated rings. The Labute approximate surface area is 90.6 Å². The Morgan fingerprint density at radius 3 is 2.46 bits per heavy atom. The standard InChI is InChI=1S/C11H8BrCl/c12-7-8-1-2-10-6-11(13)4-3-9(10)5-8/h1-6H,7H2. The molecule has 0 atom stereocenters. The van der Waals surface area contributed by atoms with Gasteiger partial charge in [0, 0.05) is 10.4 Å². The zero-order valence-electron chi connectivity index (χ0n) is 6.93. The van der Waals surface area contributed by atoms with Gasteiger partial charge in [0.2, 0.25) is 0 Å². The summed E-state index contributed by atoms with van der Waals surface area (Å²) >= 11 is 9.31. The molecule has 0 radical (unpaired) electrons. The molecule has 2 aromatic carbocycles. The van der Waals surface area contributed by atoms with Crippen molar-refractivity contribution in [1.82, 2.24) is 0 Å². The van der Waals surface area contributed by atoms with Crippen molar-refractivity contribution >= 4 is 38.3 Å². The van der Waals surface area contributed by atoms with E-state index in [-0.39, 0.29) is 0 Å². The molecule has 0 heterocycles. The second-order valence-corrected chi connectivity index (χ2v) is 3.96. The molecule has 0 saturated heterocycles. The molecule has 0 nitrogen and oxygen atoms in total. The van der Waals surface area contributed by atoms with Gasteiger partial charge in [0.25, 0.3) is 0 Å². The number of rotatable bonds is 1. The van der Waals surface area contributed by atoms with Crippen molar-refractivity contribution in [2.24, 2.45) is 0 Å². The number of benzene rings is 2. The first-order valence-corrected chi connectivity index (χ1v) is 5.54. The Hall–Kier alpha value is -0.530. The van der Waals surface area contributed by atoms with Crippen molar-refractivity contribution in [3.8, 4) is 0 Å². The van der Waals surface area contributed by atoms with Crippen molar-refractivity contribution in [3.63, 3.8) is 0 Å². The van der Waals surface area contributed by atoms with Crippen LogP contribution in [0, 0.1) is 0 Å². The van der Waals surface area contributed by atoms with Crippen LogP contribution in [0.25, 0.3) is 10.8 Å². The van der Waals surface area contributed by atoms with E-state index in [0.29, 0.717) is 0 Å². The SMILES string of the molecule is Clc1ccc2cc(CBr)ccc2c1. The van der Waals surface area contributed by atoms with Crippen LogP contribution in [0.3, 0.4) is 0 Å². The van der Waals surface area contributed by atoms with Crippen LogP contribution in [-0.4, -0.2) is 0 Å². The molecule has 0 aliphatic rings. The summed E-state index contributed by atoms with van der Waals surface area (Å²) < 4.78 is 0. The number of hydrogen-bond donors (Lipinski definition) is 0. The molecule has 0 unspecified atom stereocenters. The summed E-state index contributed by atoms with van der Waals surface area (Å²) in [5, 5.41) is 4.11. The maximum Gasteiger partial charge on any atom is 0.0412 e. The van der Waals surface area contributed by atoms with E-state index in [1.807, 2.05) is 18.2 Å². The summed E-state index contributed by atoms with van der Waals surface area (Å²) in [6.45, 7) is 0. The highest BCUT2D eigenvalue weighted by Crippen LogP contribution is 2.21. The minimum atomic E-state index is 0.791. The molecule has 66 valence electrons. The molecule has 0 aliphatic carbocycles. The number of hydrogen-bond acceptors (Lipinski definition) is 0. The highest BCUT2D eigenvalue weighted by molar-refractivity contribution is 9.08. The van der Waals surface area contributed by atoms with Crippen LogP contribution in [0.5, 0.6) is 0 Å². The molecule has 0 bridgehead atoms. The van der Waals surface area contributed by atoms with E-state index in [9.17, 15) is 0 Å². The third-order valence-corrected chi connectivity index (χ3v) is 2.90. The molecular weight excluding hydrogens is 247 g/mol. The molecule has 0 aromatic heterocycles. The lowest BCUT2D eigenvalue weighted by Crippen LogP contribution is -1.78. The maximum absolute atomic E-state index is 5.88. The van der Waals surface area contributed by atoms with Crippen LogP contribution in [0.1, 0.15) is 5.56 Å². The molecule has 0 N–H and O–H groups in total. The van der Waals surface area contributed by atoms with Gasteiger partial charge < -0.3 is 0 Å². The fourth-order valence-electron chi connectivity index (χ4n) is 1.35. The van der Waals surface area contributed by atoms with E-state index in [1.54, 1.807) is 0 Å². The van der Waals surface area contributed by atoms with Gasteiger partial charge in [-0.25, -0.2) is 0 Å². The van der Waals surface area contributed by atoms with Gasteiger partial charge in [0.15, 0.2) is 0 Å². The average molecular weight is 256 g/mol. The lowest BCUT2D eigenvalue weighted by atomic mass is 10.1. The number of fused-ring (bicyclic) bond motifs is 1. The van der Waals surface area contributed by atoms with Gasteiger partial charge in [0.1, 0.15) is 0 Å². The summed E-state index contributed by atoms with van der Waals surface area (Å²) in [5.74, 6) is 0. The zero-order chi connectivity index (χ0) is 9.26. The normalized spacial score (nSPS) is 10.6. The van der Waals surface area contributed by atoms with Gasteiger partial charge in [-0.05, 0) is 28.5 Å². The molecule has 0 aliphatic heterocycles. The van der Waals surface area contributed by atoms with Crippen molar-refractivity contribution in [2.45, 2.75) is 5.33 Å². The van der Waals surface area contributed by atoms with Crippen LogP contribution >= 0.6 is 27.5 Å². The van der Waals surface area contributed by atoms with Crippen molar-refractivity contribution in [2.75, 3.05) is 0 Å². The monoisotopic (exact) mass is 254 g/mol. The molecule has 2 aromatic rings. The van der Waals surface area contributed by atoms with Gasteiger partial charge >= 0.3 is 0 Å². The first-order chi connectivity index (χ1) is 6.29. The minimum absolute atomic E-state index is 0.791. The van der Waals surface area contributed by atoms with Gasteiger partial charge in [-0.15, -0.1) is 0 Å². The smallest absolute Gasteiger partial charge is 0.0412 e. The van der Waals surface area contributed by atoms with E-state index in [1.165, 1.54) is 16.3 Å². The average Bonchev–Trinajstić information content (AvgIpc) is 2.17. The quantitative estimate of drug-likeness (QED) is 0.663. The van der Waals surface area contributed by atoms with Crippen molar-refractivity contribution in [1.29, 1.82) is 0 Å². The van der Waals surface area contributed by atoms with Gasteiger partial charge in [0.05, 0.1) is 0 Å². The molecule has 0 amide bonds. The number of halogens is 2. The van der Waals surface area contributed by atoms with Gasteiger partial charge in [-0.1, -0.05) is 51.8 Å². The molecule has 2 rings (SSSR count). The van der Waals surface area contributed by atoms with Gasteiger partial charge in [-0.3, -0.25) is 0 Å². The molecule has 0 spiro atoms. The second kappa shape index (κ2) is 3.69. The van der Waals surface area contributed by atoms with E-state index in [4.69, 9.17) is 11.6 Å². The summed E-state index contributed by atoms with van der Waals surface area (Å²) in [6, 6.07) is 12.3. The molecule has 2 heteroatoms. The fraction of sp³-hybridized carbons (Fsp3) is 0.0909. The van der Waals surface area contributed by atoms with Crippen LogP contribution in [0.4, 0.5) is 0 Å². The fourth-order valence-corrected chi connectivity index (χ4v) is 1.88. The van der Waals surface area contributed by atoms with E-state index >= 15 is 0 Å². The Bertz CT molecular complexity index is 437. The zero-order valence-corrected chi connectivity index (χ0v) is 9.27. The van der Waals surface area contributed by atoms with Crippen molar-refractivity contribution < 1.29 is 0 Å². The molecule has 13 heavy (non-hydrogen) atoms. The Kier molecular flexibility index (Phi) is 2.56. The number of alkyl halides is 1.